The number of hydrogen-bond donors (Lipinski definition) is 2. The first-order valence-electron chi connectivity index (χ1n) is 8.29. The lowest BCUT2D eigenvalue weighted by Gasteiger charge is -2.24. The van der Waals surface area contributed by atoms with Crippen LogP contribution in [0.1, 0.15) is 34.6 Å². The second kappa shape index (κ2) is 9.27. The largest absolute Gasteiger partial charge is 0.494 e. The number of carbonyl (C=O) groups is 2. The predicted molar refractivity (Wildman–Crippen MR) is 96.3 cm³/mol. The molecule has 1 aromatic carbocycles. The zero-order chi connectivity index (χ0) is 18.2. The van der Waals surface area contributed by atoms with Crippen LogP contribution >= 0.6 is 0 Å². The molecule has 2 amide bonds. The smallest absolute Gasteiger partial charge is 0.238 e. The molecule has 134 valence electrons. The van der Waals surface area contributed by atoms with E-state index in [9.17, 15) is 9.59 Å². The van der Waals surface area contributed by atoms with Crippen molar-refractivity contribution >= 4 is 17.5 Å². The molecule has 1 aromatic rings. The molecule has 0 fully saturated rings. The molecule has 0 atom stereocenters. The summed E-state index contributed by atoms with van der Waals surface area (Å²) >= 11 is 0. The van der Waals surface area contributed by atoms with Gasteiger partial charge in [-0.1, -0.05) is 6.92 Å². The van der Waals surface area contributed by atoms with Gasteiger partial charge in [0.05, 0.1) is 19.7 Å². The van der Waals surface area contributed by atoms with E-state index in [0.717, 1.165) is 5.75 Å². The number of carbonyl (C=O) groups excluding carboxylic acids is 2. The van der Waals surface area contributed by atoms with Gasteiger partial charge < -0.3 is 15.4 Å². The highest BCUT2D eigenvalue weighted by atomic mass is 16.5. The molecular weight excluding hydrogens is 306 g/mol. The molecular formula is C18H29N3O3. The van der Waals surface area contributed by atoms with E-state index in [4.69, 9.17) is 4.74 Å². The quantitative estimate of drug-likeness (QED) is 0.764. The summed E-state index contributed by atoms with van der Waals surface area (Å²) in [5.74, 6) is 0.535. The molecule has 0 bridgehead atoms. The molecule has 0 spiro atoms. The Bertz CT molecular complexity index is 535. The molecule has 0 saturated heterocycles. The molecule has 6 heteroatoms. The van der Waals surface area contributed by atoms with Gasteiger partial charge in [-0.05, 0) is 58.5 Å². The van der Waals surface area contributed by atoms with Crippen LogP contribution in [-0.4, -0.2) is 48.5 Å². The molecule has 0 heterocycles. The van der Waals surface area contributed by atoms with E-state index >= 15 is 0 Å². The van der Waals surface area contributed by atoms with Crippen molar-refractivity contribution in [3.05, 3.63) is 24.3 Å². The van der Waals surface area contributed by atoms with Gasteiger partial charge in [0.15, 0.2) is 0 Å². The van der Waals surface area contributed by atoms with Crippen molar-refractivity contribution in [2.75, 3.05) is 31.6 Å². The Balaban J connectivity index is 2.50. The first-order chi connectivity index (χ1) is 11.2. The van der Waals surface area contributed by atoms with Crippen LogP contribution in [0.5, 0.6) is 5.75 Å². The predicted octanol–water partition coefficient (Wildman–Crippen LogP) is 2.26. The topological polar surface area (TPSA) is 70.7 Å². The van der Waals surface area contributed by atoms with E-state index in [0.29, 0.717) is 18.8 Å². The van der Waals surface area contributed by atoms with Crippen LogP contribution < -0.4 is 15.4 Å². The summed E-state index contributed by atoms with van der Waals surface area (Å²) < 4.78 is 5.37. The molecule has 0 aromatic heterocycles. The number of amides is 2. The Morgan fingerprint density at radius 1 is 1.04 bits per heavy atom. The number of ether oxygens (including phenoxy) is 1. The van der Waals surface area contributed by atoms with Crippen LogP contribution in [0, 0.1) is 0 Å². The van der Waals surface area contributed by atoms with Gasteiger partial charge in [-0.15, -0.1) is 0 Å². The number of hydrogen-bond acceptors (Lipinski definition) is 4. The number of likely N-dealkylation sites (N-methyl/N-ethyl adjacent to an activating group) is 1. The van der Waals surface area contributed by atoms with Gasteiger partial charge in [0.25, 0.3) is 0 Å². The summed E-state index contributed by atoms with van der Waals surface area (Å²) in [4.78, 5) is 25.9. The first-order valence-corrected chi connectivity index (χ1v) is 8.29. The fourth-order valence-electron chi connectivity index (χ4n) is 2.15. The summed E-state index contributed by atoms with van der Waals surface area (Å²) in [7, 11) is 0. The van der Waals surface area contributed by atoms with Crippen molar-refractivity contribution < 1.29 is 14.3 Å². The van der Waals surface area contributed by atoms with Crippen molar-refractivity contribution in [1.82, 2.24) is 10.2 Å². The van der Waals surface area contributed by atoms with Crippen LogP contribution in [0.25, 0.3) is 0 Å². The minimum Gasteiger partial charge on any atom is -0.494 e. The van der Waals surface area contributed by atoms with Crippen molar-refractivity contribution in [2.24, 2.45) is 0 Å². The molecule has 0 aliphatic heterocycles. The Morgan fingerprint density at radius 2 is 1.62 bits per heavy atom. The standard InChI is InChI=1S/C18H29N3O3/c1-6-21(13-17(23)20-18(3,4)5)12-16(22)19-14-8-10-15(11-9-14)24-7-2/h8-11H,6-7,12-13H2,1-5H3,(H,19,22)(H,20,23). The minimum absolute atomic E-state index is 0.0850. The number of nitrogens with one attached hydrogen (secondary N) is 2. The number of nitrogens with zero attached hydrogens (tertiary/aromatic N) is 1. The molecule has 2 N–H and O–H groups in total. The fraction of sp³-hybridized carbons (Fsp3) is 0.556. The van der Waals surface area contributed by atoms with Gasteiger partial charge >= 0.3 is 0 Å². The number of anilines is 1. The average molecular weight is 335 g/mol. The maximum Gasteiger partial charge on any atom is 0.238 e. The van der Waals surface area contributed by atoms with Crippen LogP contribution in [-0.2, 0) is 9.59 Å². The minimum atomic E-state index is -0.277. The summed E-state index contributed by atoms with van der Waals surface area (Å²) in [6.45, 7) is 11.2. The Morgan fingerprint density at radius 3 is 2.12 bits per heavy atom. The normalized spacial score (nSPS) is 11.2. The molecule has 0 radical (unpaired) electrons. The van der Waals surface area contributed by atoms with E-state index in [1.165, 1.54) is 0 Å². The van der Waals surface area contributed by atoms with E-state index < -0.39 is 0 Å². The highest BCUT2D eigenvalue weighted by molar-refractivity contribution is 5.92. The lowest BCUT2D eigenvalue weighted by Crippen LogP contribution is -2.47. The number of benzene rings is 1. The molecule has 0 aliphatic carbocycles. The second-order valence-electron chi connectivity index (χ2n) is 6.61. The van der Waals surface area contributed by atoms with E-state index in [1.807, 2.05) is 46.8 Å². The van der Waals surface area contributed by atoms with E-state index in [-0.39, 0.29) is 30.4 Å². The summed E-state index contributed by atoms with van der Waals surface area (Å²) in [5, 5.41) is 5.73. The highest BCUT2D eigenvalue weighted by Crippen LogP contribution is 2.15. The summed E-state index contributed by atoms with van der Waals surface area (Å²) in [6, 6.07) is 7.22. The zero-order valence-corrected chi connectivity index (χ0v) is 15.3. The van der Waals surface area contributed by atoms with Crippen LogP contribution in [0.3, 0.4) is 0 Å². The van der Waals surface area contributed by atoms with Gasteiger partial charge in [-0.25, -0.2) is 0 Å². The maximum atomic E-state index is 12.1. The zero-order valence-electron chi connectivity index (χ0n) is 15.3. The molecule has 24 heavy (non-hydrogen) atoms. The van der Waals surface area contributed by atoms with Crippen LogP contribution in [0.2, 0.25) is 0 Å². The highest BCUT2D eigenvalue weighted by Gasteiger charge is 2.17. The van der Waals surface area contributed by atoms with Gasteiger partial charge in [-0.3, -0.25) is 14.5 Å². The van der Waals surface area contributed by atoms with Crippen molar-refractivity contribution in [2.45, 2.75) is 40.2 Å². The molecule has 0 aliphatic rings. The van der Waals surface area contributed by atoms with Gasteiger partial charge in [0, 0.05) is 11.2 Å². The third-order valence-corrected chi connectivity index (χ3v) is 3.15. The SMILES string of the molecule is CCOc1ccc(NC(=O)CN(CC)CC(=O)NC(C)(C)C)cc1. The first kappa shape index (κ1) is 20.0. The maximum absolute atomic E-state index is 12.1. The summed E-state index contributed by atoms with van der Waals surface area (Å²) in [5.41, 5.74) is 0.430. The molecule has 1 rings (SSSR count). The average Bonchev–Trinajstić information content (AvgIpc) is 2.47. The van der Waals surface area contributed by atoms with E-state index in [1.54, 1.807) is 17.0 Å². The lowest BCUT2D eigenvalue weighted by molar-refractivity contribution is -0.124. The van der Waals surface area contributed by atoms with Crippen LogP contribution in [0.4, 0.5) is 5.69 Å². The van der Waals surface area contributed by atoms with Gasteiger partial charge in [0.1, 0.15) is 5.75 Å². The second-order valence-corrected chi connectivity index (χ2v) is 6.61. The van der Waals surface area contributed by atoms with Gasteiger partial charge in [-0.2, -0.15) is 0 Å². The third kappa shape index (κ3) is 7.97. The van der Waals surface area contributed by atoms with Crippen LogP contribution in [0.15, 0.2) is 24.3 Å². The van der Waals surface area contributed by atoms with Crippen molar-refractivity contribution in [3.63, 3.8) is 0 Å². The van der Waals surface area contributed by atoms with Crippen molar-refractivity contribution in [1.29, 1.82) is 0 Å². The lowest BCUT2D eigenvalue weighted by atomic mass is 10.1. The third-order valence-electron chi connectivity index (χ3n) is 3.15. The molecule has 0 saturated carbocycles. The Kier molecular flexibility index (Phi) is 7.71. The fourth-order valence-corrected chi connectivity index (χ4v) is 2.15. The Labute approximate surface area is 144 Å². The Hall–Kier alpha value is -2.08. The monoisotopic (exact) mass is 335 g/mol. The van der Waals surface area contributed by atoms with Crippen molar-refractivity contribution in [3.8, 4) is 5.75 Å². The van der Waals surface area contributed by atoms with E-state index in [2.05, 4.69) is 10.6 Å². The number of rotatable bonds is 8. The molecule has 6 nitrogen and oxygen atoms in total. The van der Waals surface area contributed by atoms with Gasteiger partial charge in [0.2, 0.25) is 11.8 Å². The molecule has 0 unspecified atom stereocenters. The summed E-state index contributed by atoms with van der Waals surface area (Å²) in [6.07, 6.45) is 0.